The zero-order valence-electron chi connectivity index (χ0n) is 13.4. The maximum atomic E-state index is 12.0. The summed E-state index contributed by atoms with van der Waals surface area (Å²) in [5, 5.41) is 10.2. The van der Waals surface area contributed by atoms with Gasteiger partial charge in [0.15, 0.2) is 0 Å². The summed E-state index contributed by atoms with van der Waals surface area (Å²) in [6.07, 6.45) is 4.71. The van der Waals surface area contributed by atoms with Crippen molar-refractivity contribution in [3.05, 3.63) is 50.9 Å². The third-order valence-electron chi connectivity index (χ3n) is 4.23. The molecule has 24 heavy (non-hydrogen) atoms. The number of hydrogen-bond acceptors (Lipinski definition) is 4. The summed E-state index contributed by atoms with van der Waals surface area (Å²) in [5.41, 5.74) is 2.25. The number of aryl methyl sites for hydroxylation is 1. The van der Waals surface area contributed by atoms with Crippen molar-refractivity contribution in [3.63, 3.8) is 0 Å². The highest BCUT2D eigenvalue weighted by atomic mass is 79.9. The smallest absolute Gasteiger partial charge is 0.282 e. The number of rotatable bonds is 5. The van der Waals surface area contributed by atoms with E-state index in [1.165, 1.54) is 4.68 Å². The fourth-order valence-corrected chi connectivity index (χ4v) is 3.00. The van der Waals surface area contributed by atoms with Crippen LogP contribution < -0.4 is 16.2 Å². The molecule has 7 heteroatoms. The molecule has 1 amide bonds. The van der Waals surface area contributed by atoms with Gasteiger partial charge in [-0.05, 0) is 46.5 Å². The minimum Gasteiger partial charge on any atom is -0.379 e. The first-order valence-corrected chi connectivity index (χ1v) is 8.69. The predicted molar refractivity (Wildman–Crippen MR) is 96.9 cm³/mol. The van der Waals surface area contributed by atoms with Crippen molar-refractivity contribution in [2.45, 2.75) is 25.8 Å². The first-order valence-electron chi connectivity index (χ1n) is 7.90. The minimum absolute atomic E-state index is 0.102. The van der Waals surface area contributed by atoms with Crippen LogP contribution in [0.4, 0.5) is 11.4 Å². The molecule has 1 fully saturated rings. The highest BCUT2D eigenvalue weighted by Gasteiger charge is 2.25. The van der Waals surface area contributed by atoms with Crippen molar-refractivity contribution in [2.75, 3.05) is 10.6 Å². The van der Waals surface area contributed by atoms with Crippen molar-refractivity contribution in [2.24, 2.45) is 13.0 Å². The van der Waals surface area contributed by atoms with Crippen LogP contribution in [0.2, 0.25) is 0 Å². The van der Waals surface area contributed by atoms with Crippen molar-refractivity contribution in [1.82, 2.24) is 9.78 Å². The Morgan fingerprint density at radius 1 is 1.42 bits per heavy atom. The van der Waals surface area contributed by atoms with Gasteiger partial charge in [0.2, 0.25) is 5.91 Å². The Morgan fingerprint density at radius 2 is 2.21 bits per heavy atom. The SMILES string of the molecule is Cn1ncc(NCc2cccc(NC(=O)C3CCC3)c2)c(Br)c1=O. The molecule has 0 unspecified atom stereocenters. The van der Waals surface area contributed by atoms with E-state index >= 15 is 0 Å². The first-order chi connectivity index (χ1) is 11.5. The molecule has 1 aliphatic rings. The van der Waals surface area contributed by atoms with Gasteiger partial charge in [-0.2, -0.15) is 5.10 Å². The summed E-state index contributed by atoms with van der Waals surface area (Å²) in [6.45, 7) is 0.528. The molecule has 0 bridgehead atoms. The van der Waals surface area contributed by atoms with Gasteiger partial charge in [-0.15, -0.1) is 0 Å². The van der Waals surface area contributed by atoms with Crippen LogP contribution in [-0.2, 0) is 18.4 Å². The molecule has 1 aromatic heterocycles. The molecule has 126 valence electrons. The zero-order valence-corrected chi connectivity index (χ0v) is 15.0. The summed E-state index contributed by atoms with van der Waals surface area (Å²) >= 11 is 3.29. The van der Waals surface area contributed by atoms with E-state index in [0.29, 0.717) is 16.7 Å². The molecule has 1 saturated carbocycles. The minimum atomic E-state index is -0.193. The summed E-state index contributed by atoms with van der Waals surface area (Å²) in [6, 6.07) is 7.70. The van der Waals surface area contributed by atoms with E-state index < -0.39 is 0 Å². The molecule has 1 aromatic carbocycles. The topological polar surface area (TPSA) is 76.0 Å². The van der Waals surface area contributed by atoms with Gasteiger partial charge in [-0.1, -0.05) is 18.6 Å². The Hall–Kier alpha value is -2.15. The number of benzene rings is 1. The number of anilines is 2. The Morgan fingerprint density at radius 3 is 2.92 bits per heavy atom. The van der Waals surface area contributed by atoms with Crippen LogP contribution in [0.1, 0.15) is 24.8 Å². The predicted octanol–water partition coefficient (Wildman–Crippen LogP) is 2.89. The average Bonchev–Trinajstić information content (AvgIpc) is 2.50. The van der Waals surface area contributed by atoms with Gasteiger partial charge in [-0.3, -0.25) is 9.59 Å². The third-order valence-corrected chi connectivity index (χ3v) is 5.00. The quantitative estimate of drug-likeness (QED) is 0.822. The van der Waals surface area contributed by atoms with Crippen LogP contribution in [0.25, 0.3) is 0 Å². The molecule has 0 atom stereocenters. The van der Waals surface area contributed by atoms with E-state index in [2.05, 4.69) is 31.7 Å². The average molecular weight is 391 g/mol. The van der Waals surface area contributed by atoms with E-state index in [1.807, 2.05) is 24.3 Å². The molecule has 2 N–H and O–H groups in total. The molecule has 0 aliphatic heterocycles. The van der Waals surface area contributed by atoms with Crippen LogP contribution in [0.5, 0.6) is 0 Å². The lowest BCUT2D eigenvalue weighted by Gasteiger charge is -2.24. The second kappa shape index (κ2) is 7.17. The Kier molecular flexibility index (Phi) is 4.99. The van der Waals surface area contributed by atoms with Crippen LogP contribution in [-0.4, -0.2) is 15.7 Å². The summed E-state index contributed by atoms with van der Waals surface area (Å²) in [7, 11) is 1.60. The normalized spacial score (nSPS) is 14.1. The van der Waals surface area contributed by atoms with Crippen LogP contribution in [0.3, 0.4) is 0 Å². The Bertz CT molecular complexity index is 814. The number of carbonyl (C=O) groups is 1. The number of amides is 1. The molecular formula is C17H19BrN4O2. The number of hydrogen-bond donors (Lipinski definition) is 2. The van der Waals surface area contributed by atoms with Crippen LogP contribution in [0, 0.1) is 5.92 Å². The van der Waals surface area contributed by atoms with E-state index in [-0.39, 0.29) is 17.4 Å². The molecule has 2 aromatic rings. The second-order valence-corrected chi connectivity index (χ2v) is 6.76. The van der Waals surface area contributed by atoms with Gasteiger partial charge in [0, 0.05) is 25.2 Å². The number of carbonyl (C=O) groups excluding carboxylic acids is 1. The molecule has 0 saturated heterocycles. The standard InChI is InChI=1S/C17H19BrN4O2/c1-22-17(24)15(18)14(10-20-22)19-9-11-4-2-7-13(8-11)21-16(23)12-5-3-6-12/h2,4,7-8,10,12,19H,3,5-6,9H2,1H3,(H,21,23). The molecule has 0 radical (unpaired) electrons. The first kappa shape index (κ1) is 16.7. The monoisotopic (exact) mass is 390 g/mol. The Balaban J connectivity index is 1.65. The van der Waals surface area contributed by atoms with Crippen molar-refractivity contribution >= 4 is 33.2 Å². The molecule has 6 nitrogen and oxygen atoms in total. The van der Waals surface area contributed by atoms with Gasteiger partial charge in [0.05, 0.1) is 11.9 Å². The highest BCUT2D eigenvalue weighted by Crippen LogP contribution is 2.27. The highest BCUT2D eigenvalue weighted by molar-refractivity contribution is 9.10. The molecule has 0 spiro atoms. The molecular weight excluding hydrogens is 372 g/mol. The lowest BCUT2D eigenvalue weighted by atomic mass is 9.85. The molecule has 1 heterocycles. The van der Waals surface area contributed by atoms with Crippen LogP contribution >= 0.6 is 15.9 Å². The van der Waals surface area contributed by atoms with Gasteiger partial charge < -0.3 is 10.6 Å². The largest absolute Gasteiger partial charge is 0.379 e. The summed E-state index contributed by atoms with van der Waals surface area (Å²) in [5.74, 6) is 0.263. The third kappa shape index (κ3) is 3.67. The van der Waals surface area contributed by atoms with E-state index in [1.54, 1.807) is 13.2 Å². The summed E-state index contributed by atoms with van der Waals surface area (Å²) < 4.78 is 1.72. The van der Waals surface area contributed by atoms with Gasteiger partial charge in [0.25, 0.3) is 5.56 Å². The van der Waals surface area contributed by atoms with Crippen molar-refractivity contribution in [1.29, 1.82) is 0 Å². The number of nitrogens with one attached hydrogen (secondary N) is 2. The van der Waals surface area contributed by atoms with Gasteiger partial charge in [0.1, 0.15) is 4.47 Å². The van der Waals surface area contributed by atoms with Crippen LogP contribution in [0.15, 0.2) is 39.7 Å². The summed E-state index contributed by atoms with van der Waals surface area (Å²) in [4.78, 5) is 23.9. The van der Waals surface area contributed by atoms with E-state index in [9.17, 15) is 9.59 Å². The zero-order chi connectivity index (χ0) is 17.1. The number of aromatic nitrogens is 2. The fraction of sp³-hybridized carbons (Fsp3) is 0.353. The molecule has 3 rings (SSSR count). The Labute approximate surface area is 148 Å². The molecule has 1 aliphatic carbocycles. The number of halogens is 1. The van der Waals surface area contributed by atoms with Crippen molar-refractivity contribution in [3.8, 4) is 0 Å². The lowest BCUT2D eigenvalue weighted by molar-refractivity contribution is -0.122. The van der Waals surface area contributed by atoms with E-state index in [4.69, 9.17) is 0 Å². The van der Waals surface area contributed by atoms with Crippen molar-refractivity contribution < 1.29 is 4.79 Å². The van der Waals surface area contributed by atoms with E-state index in [0.717, 1.165) is 30.5 Å². The van der Waals surface area contributed by atoms with Gasteiger partial charge >= 0.3 is 0 Å². The van der Waals surface area contributed by atoms with Gasteiger partial charge in [-0.25, -0.2) is 4.68 Å². The second-order valence-electron chi connectivity index (χ2n) is 5.97. The lowest BCUT2D eigenvalue weighted by Crippen LogP contribution is -2.28. The fourth-order valence-electron chi connectivity index (χ4n) is 2.51. The number of nitrogens with zero attached hydrogens (tertiary/aromatic N) is 2. The maximum absolute atomic E-state index is 12.0. The maximum Gasteiger partial charge on any atom is 0.282 e.